The molecule has 4 unspecified atom stereocenters. The third-order valence-electron chi connectivity index (χ3n) is 12.1. The van der Waals surface area contributed by atoms with E-state index in [4.69, 9.17) is 4.74 Å². The van der Waals surface area contributed by atoms with Crippen LogP contribution < -0.4 is 10.1 Å². The Balaban J connectivity index is 1.17. The Morgan fingerprint density at radius 2 is 1.79 bits per heavy atom. The molecule has 1 amide bonds. The van der Waals surface area contributed by atoms with Crippen LogP contribution in [-0.4, -0.2) is 73.1 Å². The van der Waals surface area contributed by atoms with Crippen molar-refractivity contribution in [3.63, 3.8) is 0 Å². The molecule has 3 aromatic rings. The standard InChI is InChI=1S/C38H46F5N5O4/c1-4-24(5-2)48-18-30(28-11-10-27(15-31(28)48)52-26-8-6-25(7-9-26)47-19-36(39,40)20-47)33-44-17-29(32(45-33)38(41,42)43)34(49)46-37(35(50)51)16-22-12-21(3)13-23(37)14-22/h10-11,15,17-18,21-26H,4-9,12-14,16,19-20H2,1-3H3,(H,46,49)(H,50,51). The number of carbonyl (C=O) groups excluding carboxylic acids is 1. The molecular weight excluding hydrogens is 685 g/mol. The van der Waals surface area contributed by atoms with E-state index in [9.17, 15) is 36.6 Å². The van der Waals surface area contributed by atoms with Crippen molar-refractivity contribution < 1.29 is 41.4 Å². The molecule has 3 aliphatic carbocycles. The molecule has 282 valence electrons. The van der Waals surface area contributed by atoms with Crippen molar-refractivity contribution in [3.05, 3.63) is 41.9 Å². The molecule has 14 heteroatoms. The summed E-state index contributed by atoms with van der Waals surface area (Å²) in [5.41, 5.74) is -2.79. The predicted molar refractivity (Wildman–Crippen MR) is 183 cm³/mol. The van der Waals surface area contributed by atoms with Crippen LogP contribution in [-0.2, 0) is 11.0 Å². The Morgan fingerprint density at radius 1 is 1.08 bits per heavy atom. The minimum atomic E-state index is -5.02. The summed E-state index contributed by atoms with van der Waals surface area (Å²) >= 11 is 0. The summed E-state index contributed by atoms with van der Waals surface area (Å²) in [6, 6.07) is 5.56. The van der Waals surface area contributed by atoms with Crippen molar-refractivity contribution in [1.29, 1.82) is 0 Å². The van der Waals surface area contributed by atoms with E-state index in [1.807, 2.05) is 36.3 Å². The molecule has 2 N–H and O–H groups in total. The molecule has 7 rings (SSSR count). The monoisotopic (exact) mass is 731 g/mol. The predicted octanol–water partition coefficient (Wildman–Crippen LogP) is 8.13. The summed E-state index contributed by atoms with van der Waals surface area (Å²) in [6.45, 7) is 5.70. The number of carboxylic acid groups (broad SMARTS) is 1. The Hall–Kier alpha value is -3.81. The third-order valence-corrected chi connectivity index (χ3v) is 12.1. The number of carbonyl (C=O) groups is 2. The van der Waals surface area contributed by atoms with Gasteiger partial charge in [-0.3, -0.25) is 9.69 Å². The molecule has 2 bridgehead atoms. The fraction of sp³-hybridized carbons (Fsp3) is 0.632. The maximum Gasteiger partial charge on any atom is 0.434 e. The van der Waals surface area contributed by atoms with Gasteiger partial charge < -0.3 is 19.7 Å². The maximum absolute atomic E-state index is 14.7. The first-order valence-electron chi connectivity index (χ1n) is 18.5. The van der Waals surface area contributed by atoms with Crippen LogP contribution in [0.5, 0.6) is 5.75 Å². The molecule has 0 spiro atoms. The Morgan fingerprint density at radius 3 is 2.42 bits per heavy atom. The molecule has 4 aliphatic rings. The van der Waals surface area contributed by atoms with Crippen LogP contribution in [0.4, 0.5) is 22.0 Å². The first-order chi connectivity index (χ1) is 24.6. The summed E-state index contributed by atoms with van der Waals surface area (Å²) < 4.78 is 79.1. The van der Waals surface area contributed by atoms with E-state index in [0.717, 1.165) is 56.7 Å². The highest BCUT2D eigenvalue weighted by Crippen LogP contribution is 2.51. The summed E-state index contributed by atoms with van der Waals surface area (Å²) in [5, 5.41) is 13.4. The fourth-order valence-electron chi connectivity index (χ4n) is 9.56. The quantitative estimate of drug-likeness (QED) is 0.203. The zero-order chi connectivity index (χ0) is 37.2. The van der Waals surface area contributed by atoms with Gasteiger partial charge in [-0.2, -0.15) is 13.2 Å². The second-order valence-corrected chi connectivity index (χ2v) is 15.7. The number of halogens is 5. The lowest BCUT2D eigenvalue weighted by atomic mass is 9.78. The van der Waals surface area contributed by atoms with Crippen LogP contribution >= 0.6 is 0 Å². The van der Waals surface area contributed by atoms with Gasteiger partial charge in [-0.15, -0.1) is 0 Å². The normalized spacial score (nSPS) is 28.9. The summed E-state index contributed by atoms with van der Waals surface area (Å²) in [4.78, 5) is 36.2. The molecule has 3 heterocycles. The fourth-order valence-corrected chi connectivity index (χ4v) is 9.56. The molecule has 2 aromatic heterocycles. The average Bonchev–Trinajstić information content (AvgIpc) is 3.58. The molecule has 0 radical (unpaired) electrons. The number of nitrogens with one attached hydrogen (secondary N) is 1. The molecule has 52 heavy (non-hydrogen) atoms. The lowest BCUT2D eigenvalue weighted by Crippen LogP contribution is -2.60. The smallest absolute Gasteiger partial charge is 0.434 e. The van der Waals surface area contributed by atoms with Gasteiger partial charge in [-0.05, 0) is 94.1 Å². The van der Waals surface area contributed by atoms with Crippen molar-refractivity contribution in [2.24, 2.45) is 17.8 Å². The van der Waals surface area contributed by atoms with Crippen LogP contribution in [0, 0.1) is 17.8 Å². The first kappa shape index (κ1) is 36.5. The number of likely N-dealkylation sites (tertiary alicyclic amines) is 1. The Labute approximate surface area is 299 Å². The minimum absolute atomic E-state index is 0.0180. The number of alkyl halides is 5. The number of ether oxygens (including phenoxy) is 1. The van der Waals surface area contributed by atoms with Gasteiger partial charge in [-0.1, -0.05) is 20.8 Å². The number of carboxylic acids is 1. The number of hydrogen-bond donors (Lipinski definition) is 2. The number of benzene rings is 1. The zero-order valence-electron chi connectivity index (χ0n) is 29.7. The zero-order valence-corrected chi connectivity index (χ0v) is 29.7. The van der Waals surface area contributed by atoms with Gasteiger partial charge in [0.2, 0.25) is 0 Å². The second-order valence-electron chi connectivity index (χ2n) is 15.7. The van der Waals surface area contributed by atoms with Gasteiger partial charge in [0.1, 0.15) is 11.3 Å². The highest BCUT2D eigenvalue weighted by molar-refractivity contribution is 6.00. The van der Waals surface area contributed by atoms with Gasteiger partial charge in [0.15, 0.2) is 11.5 Å². The van der Waals surface area contributed by atoms with Crippen LogP contribution in [0.1, 0.15) is 107 Å². The number of aliphatic carboxylic acids is 1. The topological polar surface area (TPSA) is 110 Å². The highest BCUT2D eigenvalue weighted by atomic mass is 19.4. The average molecular weight is 732 g/mol. The lowest BCUT2D eigenvalue weighted by Gasteiger charge is -2.46. The van der Waals surface area contributed by atoms with E-state index < -0.39 is 40.8 Å². The van der Waals surface area contributed by atoms with Crippen molar-refractivity contribution in [3.8, 4) is 17.1 Å². The molecule has 9 nitrogen and oxygen atoms in total. The van der Waals surface area contributed by atoms with E-state index in [1.165, 1.54) is 0 Å². The van der Waals surface area contributed by atoms with Crippen LogP contribution in [0.3, 0.4) is 0 Å². The minimum Gasteiger partial charge on any atom is -0.490 e. The van der Waals surface area contributed by atoms with Gasteiger partial charge in [0.25, 0.3) is 11.8 Å². The molecule has 1 aliphatic heterocycles. The van der Waals surface area contributed by atoms with Crippen LogP contribution in [0.15, 0.2) is 30.6 Å². The van der Waals surface area contributed by atoms with E-state index >= 15 is 0 Å². The van der Waals surface area contributed by atoms with E-state index in [2.05, 4.69) is 15.3 Å². The molecule has 1 saturated heterocycles. The lowest BCUT2D eigenvalue weighted by molar-refractivity contribution is -0.151. The van der Waals surface area contributed by atoms with Gasteiger partial charge >= 0.3 is 12.1 Å². The van der Waals surface area contributed by atoms with Crippen molar-refractivity contribution in [1.82, 2.24) is 24.8 Å². The van der Waals surface area contributed by atoms with Crippen molar-refractivity contribution in [2.75, 3.05) is 13.1 Å². The van der Waals surface area contributed by atoms with Gasteiger partial charge in [0.05, 0.1) is 30.3 Å². The summed E-state index contributed by atoms with van der Waals surface area (Å²) in [6.07, 6.45) is 4.15. The number of amides is 1. The highest BCUT2D eigenvalue weighted by Gasteiger charge is 2.56. The van der Waals surface area contributed by atoms with E-state index in [0.29, 0.717) is 29.5 Å². The number of aromatic nitrogens is 3. The molecule has 3 saturated carbocycles. The Bertz CT molecular complexity index is 1830. The maximum atomic E-state index is 14.7. The van der Waals surface area contributed by atoms with Crippen molar-refractivity contribution in [2.45, 2.75) is 121 Å². The molecule has 1 aromatic carbocycles. The van der Waals surface area contributed by atoms with Gasteiger partial charge in [-0.25, -0.2) is 23.5 Å². The van der Waals surface area contributed by atoms with Crippen LogP contribution in [0.25, 0.3) is 22.3 Å². The van der Waals surface area contributed by atoms with E-state index in [-0.39, 0.29) is 61.3 Å². The molecular formula is C38H46F5N5O4. The SMILES string of the molecule is CCC(CC)n1cc(-c2ncc(C(=O)NC3(C(=O)O)CC4CC(C)CC3C4)c(C(F)(F)F)n2)c2ccc(OC3CCC(N4CC(F)(F)C4)CC3)cc21. The molecule has 4 fully saturated rings. The summed E-state index contributed by atoms with van der Waals surface area (Å²) in [7, 11) is 0. The third kappa shape index (κ3) is 6.75. The van der Waals surface area contributed by atoms with Crippen molar-refractivity contribution >= 4 is 22.8 Å². The first-order valence-corrected chi connectivity index (χ1v) is 18.5. The number of fused-ring (bicyclic) bond motifs is 3. The van der Waals surface area contributed by atoms with Gasteiger partial charge in [0, 0.05) is 41.5 Å². The molecule has 4 atom stereocenters. The number of nitrogens with zero attached hydrogens (tertiary/aromatic N) is 4. The van der Waals surface area contributed by atoms with Crippen LogP contribution in [0.2, 0.25) is 0 Å². The number of hydrogen-bond acceptors (Lipinski definition) is 6. The van der Waals surface area contributed by atoms with E-state index in [1.54, 1.807) is 18.3 Å². The summed E-state index contributed by atoms with van der Waals surface area (Å²) in [5.74, 6) is -4.63. The number of rotatable bonds is 10. The second kappa shape index (κ2) is 13.6. The largest absolute Gasteiger partial charge is 0.490 e. The Kier molecular flexibility index (Phi) is 9.52.